The van der Waals surface area contributed by atoms with Crippen molar-refractivity contribution >= 4 is 23.5 Å². The summed E-state index contributed by atoms with van der Waals surface area (Å²) in [4.78, 5) is 36.8. The predicted octanol–water partition coefficient (Wildman–Crippen LogP) is 4.23. The molecule has 2 amide bonds. The molecule has 0 aromatic heterocycles. The summed E-state index contributed by atoms with van der Waals surface area (Å²) in [6.45, 7) is 9.34. The second-order valence-corrected chi connectivity index (χ2v) is 7.84. The lowest BCUT2D eigenvalue weighted by atomic mass is 9.92. The van der Waals surface area contributed by atoms with E-state index in [0.717, 1.165) is 16.8 Å². The quantitative estimate of drug-likeness (QED) is 0.638. The van der Waals surface area contributed by atoms with Gasteiger partial charge in [0.1, 0.15) is 6.04 Å². The standard InChI is InChI=1S/C24H30N2O4/c1-15(2)19-12-9-13-20(16(3)4)22(19)26-21(27)14-30-24(29)17(5)25-23(28)18-10-7-6-8-11-18/h6-13,15-17H,14H2,1-5H3,(H,25,28)(H,26,27)/t17-/m0/s1. The van der Waals surface area contributed by atoms with Gasteiger partial charge in [0.05, 0.1) is 0 Å². The highest BCUT2D eigenvalue weighted by molar-refractivity contribution is 5.97. The molecule has 0 aliphatic heterocycles. The molecule has 0 saturated heterocycles. The molecule has 160 valence electrons. The zero-order chi connectivity index (χ0) is 22.3. The largest absolute Gasteiger partial charge is 0.454 e. The fraction of sp³-hybridized carbons (Fsp3) is 0.375. The lowest BCUT2D eigenvalue weighted by Crippen LogP contribution is -2.40. The molecule has 0 radical (unpaired) electrons. The van der Waals surface area contributed by atoms with Crippen molar-refractivity contribution in [2.45, 2.75) is 52.5 Å². The Labute approximate surface area is 178 Å². The van der Waals surface area contributed by atoms with Crippen molar-refractivity contribution in [1.29, 1.82) is 0 Å². The number of anilines is 1. The topological polar surface area (TPSA) is 84.5 Å². The minimum absolute atomic E-state index is 0.231. The lowest BCUT2D eigenvalue weighted by molar-refractivity contribution is -0.148. The monoisotopic (exact) mass is 410 g/mol. The highest BCUT2D eigenvalue weighted by Crippen LogP contribution is 2.32. The average Bonchev–Trinajstić information content (AvgIpc) is 2.72. The van der Waals surface area contributed by atoms with Crippen LogP contribution in [0.3, 0.4) is 0 Å². The number of hydrogen-bond acceptors (Lipinski definition) is 4. The van der Waals surface area contributed by atoms with E-state index in [4.69, 9.17) is 4.74 Å². The Morgan fingerprint density at radius 2 is 1.40 bits per heavy atom. The molecule has 0 spiro atoms. The van der Waals surface area contributed by atoms with Gasteiger partial charge < -0.3 is 15.4 Å². The number of ether oxygens (including phenoxy) is 1. The van der Waals surface area contributed by atoms with Crippen LogP contribution in [0.1, 0.15) is 67.9 Å². The maximum Gasteiger partial charge on any atom is 0.328 e. The molecule has 2 aromatic rings. The second kappa shape index (κ2) is 10.6. The molecule has 0 saturated carbocycles. The first-order valence-electron chi connectivity index (χ1n) is 10.2. The van der Waals surface area contributed by atoms with Gasteiger partial charge in [-0.2, -0.15) is 0 Å². The molecule has 2 aromatic carbocycles. The number of amides is 2. The number of rotatable bonds is 8. The number of esters is 1. The molecule has 0 fully saturated rings. The summed E-state index contributed by atoms with van der Waals surface area (Å²) in [5.41, 5.74) is 3.28. The van der Waals surface area contributed by atoms with Crippen LogP contribution in [0.15, 0.2) is 48.5 Å². The number of benzene rings is 2. The summed E-state index contributed by atoms with van der Waals surface area (Å²) < 4.78 is 5.11. The minimum atomic E-state index is -0.875. The fourth-order valence-corrected chi connectivity index (χ4v) is 3.06. The van der Waals surface area contributed by atoms with E-state index >= 15 is 0 Å². The van der Waals surface area contributed by atoms with Gasteiger partial charge in [0.15, 0.2) is 6.61 Å². The summed E-state index contributed by atoms with van der Waals surface area (Å²) in [6, 6.07) is 13.7. The highest BCUT2D eigenvalue weighted by Gasteiger charge is 2.20. The molecule has 0 bridgehead atoms. The number of para-hydroxylation sites is 1. The van der Waals surface area contributed by atoms with Crippen molar-refractivity contribution < 1.29 is 19.1 Å². The molecule has 2 rings (SSSR count). The van der Waals surface area contributed by atoms with E-state index in [1.165, 1.54) is 6.92 Å². The molecule has 30 heavy (non-hydrogen) atoms. The number of carbonyl (C=O) groups excluding carboxylic acids is 3. The molecule has 6 heteroatoms. The van der Waals surface area contributed by atoms with Crippen molar-refractivity contribution in [2.24, 2.45) is 0 Å². The maximum absolute atomic E-state index is 12.5. The first-order chi connectivity index (χ1) is 14.2. The van der Waals surface area contributed by atoms with E-state index in [9.17, 15) is 14.4 Å². The Kier molecular flexibility index (Phi) is 8.16. The van der Waals surface area contributed by atoms with Crippen molar-refractivity contribution in [2.75, 3.05) is 11.9 Å². The van der Waals surface area contributed by atoms with Crippen molar-refractivity contribution in [1.82, 2.24) is 5.32 Å². The lowest BCUT2D eigenvalue weighted by Gasteiger charge is -2.20. The van der Waals surface area contributed by atoms with Gasteiger partial charge in [0.25, 0.3) is 11.8 Å². The molecule has 2 N–H and O–H groups in total. The Morgan fingerprint density at radius 3 is 1.93 bits per heavy atom. The minimum Gasteiger partial charge on any atom is -0.454 e. The van der Waals surface area contributed by atoms with E-state index in [0.29, 0.717) is 5.56 Å². The molecule has 0 aliphatic rings. The zero-order valence-corrected chi connectivity index (χ0v) is 18.2. The zero-order valence-electron chi connectivity index (χ0n) is 18.2. The summed E-state index contributed by atoms with van der Waals surface area (Å²) in [5, 5.41) is 5.47. The Hall–Kier alpha value is -3.15. The molecule has 1 atom stereocenters. The van der Waals surface area contributed by atoms with E-state index in [1.807, 2.05) is 18.2 Å². The smallest absolute Gasteiger partial charge is 0.328 e. The summed E-state index contributed by atoms with van der Waals surface area (Å²) in [5.74, 6) is -1.00. The molecular formula is C24H30N2O4. The second-order valence-electron chi connectivity index (χ2n) is 7.84. The predicted molar refractivity (Wildman–Crippen MR) is 118 cm³/mol. The molecule has 0 unspecified atom stereocenters. The SMILES string of the molecule is CC(C)c1cccc(C(C)C)c1NC(=O)COC(=O)[C@H](C)NC(=O)c1ccccc1. The fourth-order valence-electron chi connectivity index (χ4n) is 3.06. The Bertz CT molecular complexity index is 865. The van der Waals surface area contributed by atoms with Crippen LogP contribution in [-0.2, 0) is 14.3 Å². The van der Waals surface area contributed by atoms with Crippen LogP contribution in [0.4, 0.5) is 5.69 Å². The van der Waals surface area contributed by atoms with Gasteiger partial charge in [-0.3, -0.25) is 9.59 Å². The van der Waals surface area contributed by atoms with Gasteiger partial charge in [-0.25, -0.2) is 4.79 Å². The molecular weight excluding hydrogens is 380 g/mol. The molecule has 0 aliphatic carbocycles. The third-order valence-electron chi connectivity index (χ3n) is 4.72. The van der Waals surface area contributed by atoms with Crippen LogP contribution >= 0.6 is 0 Å². The highest BCUT2D eigenvalue weighted by atomic mass is 16.5. The van der Waals surface area contributed by atoms with Crippen molar-refractivity contribution in [3.63, 3.8) is 0 Å². The van der Waals surface area contributed by atoms with Gasteiger partial charge >= 0.3 is 5.97 Å². The Morgan fingerprint density at radius 1 is 0.833 bits per heavy atom. The van der Waals surface area contributed by atoms with Crippen LogP contribution in [0.25, 0.3) is 0 Å². The summed E-state index contributed by atoms with van der Waals surface area (Å²) in [6.07, 6.45) is 0. The average molecular weight is 411 g/mol. The first kappa shape index (κ1) is 23.1. The van der Waals surface area contributed by atoms with Gasteiger partial charge in [0, 0.05) is 11.3 Å². The van der Waals surface area contributed by atoms with Crippen LogP contribution < -0.4 is 10.6 Å². The van der Waals surface area contributed by atoms with Crippen LogP contribution in [0.2, 0.25) is 0 Å². The van der Waals surface area contributed by atoms with E-state index in [1.54, 1.807) is 30.3 Å². The van der Waals surface area contributed by atoms with Gasteiger partial charge in [-0.1, -0.05) is 64.1 Å². The molecule has 6 nitrogen and oxygen atoms in total. The van der Waals surface area contributed by atoms with Crippen molar-refractivity contribution in [3.8, 4) is 0 Å². The molecule has 0 heterocycles. The van der Waals surface area contributed by atoms with E-state index in [-0.39, 0.29) is 17.7 Å². The van der Waals surface area contributed by atoms with Crippen LogP contribution in [0.5, 0.6) is 0 Å². The summed E-state index contributed by atoms with van der Waals surface area (Å²) in [7, 11) is 0. The van der Waals surface area contributed by atoms with Gasteiger partial charge in [-0.05, 0) is 42.0 Å². The van der Waals surface area contributed by atoms with E-state index in [2.05, 4.69) is 38.3 Å². The summed E-state index contributed by atoms with van der Waals surface area (Å²) >= 11 is 0. The van der Waals surface area contributed by atoms with Gasteiger partial charge in [0.2, 0.25) is 0 Å². The number of carbonyl (C=O) groups is 3. The third kappa shape index (κ3) is 6.17. The number of hydrogen-bond donors (Lipinski definition) is 2. The maximum atomic E-state index is 12.5. The van der Waals surface area contributed by atoms with E-state index < -0.39 is 24.5 Å². The number of nitrogens with one attached hydrogen (secondary N) is 2. The van der Waals surface area contributed by atoms with Crippen molar-refractivity contribution in [3.05, 3.63) is 65.2 Å². The van der Waals surface area contributed by atoms with Crippen LogP contribution in [-0.4, -0.2) is 30.4 Å². The normalized spacial score (nSPS) is 11.8. The first-order valence-corrected chi connectivity index (χ1v) is 10.2. The Balaban J connectivity index is 1.96. The third-order valence-corrected chi connectivity index (χ3v) is 4.72. The van der Waals surface area contributed by atoms with Crippen LogP contribution in [0, 0.1) is 0 Å². The van der Waals surface area contributed by atoms with Gasteiger partial charge in [-0.15, -0.1) is 0 Å².